The van der Waals surface area contributed by atoms with E-state index in [1.807, 2.05) is 43.3 Å². The van der Waals surface area contributed by atoms with E-state index in [-0.39, 0.29) is 13.2 Å². The van der Waals surface area contributed by atoms with Gasteiger partial charge in [-0.25, -0.2) is 4.79 Å². The molecule has 0 aliphatic carbocycles. The summed E-state index contributed by atoms with van der Waals surface area (Å²) >= 11 is 0. The van der Waals surface area contributed by atoms with E-state index in [4.69, 9.17) is 28.4 Å². The van der Waals surface area contributed by atoms with Crippen LogP contribution in [0, 0.1) is 0 Å². The molecule has 0 spiro atoms. The zero-order chi connectivity index (χ0) is 22.7. The zero-order valence-electron chi connectivity index (χ0n) is 18.3. The Morgan fingerprint density at radius 3 is 1.75 bits per heavy atom. The van der Waals surface area contributed by atoms with Gasteiger partial charge in [0, 0.05) is 0 Å². The lowest BCUT2D eigenvalue weighted by molar-refractivity contribution is -0.156. The number of carboxylic acids is 1. The molecule has 1 heterocycles. The second-order valence-corrected chi connectivity index (χ2v) is 7.40. The van der Waals surface area contributed by atoms with Crippen LogP contribution in [0.2, 0.25) is 0 Å². The molecule has 0 radical (unpaired) electrons. The number of aliphatic carboxylic acids is 1. The first-order chi connectivity index (χ1) is 15.6. The summed E-state index contributed by atoms with van der Waals surface area (Å²) in [7, 11) is 0. The highest BCUT2D eigenvalue weighted by Crippen LogP contribution is 2.31. The third-order valence-electron chi connectivity index (χ3n) is 4.86. The normalized spacial score (nSPS) is 16.8. The summed E-state index contributed by atoms with van der Waals surface area (Å²) in [6.45, 7) is 3.24. The van der Waals surface area contributed by atoms with Crippen molar-refractivity contribution in [2.45, 2.75) is 25.4 Å². The monoisotopic (exact) mass is 446 g/mol. The van der Waals surface area contributed by atoms with Crippen molar-refractivity contribution < 1.29 is 38.3 Å². The highest BCUT2D eigenvalue weighted by molar-refractivity contribution is 5.68. The van der Waals surface area contributed by atoms with Crippen LogP contribution >= 0.6 is 0 Å². The average molecular weight is 446 g/mol. The minimum atomic E-state index is -1.06. The Balaban J connectivity index is 1.88. The highest BCUT2D eigenvalue weighted by Gasteiger charge is 2.34. The van der Waals surface area contributed by atoms with Crippen LogP contribution in [0.15, 0.2) is 48.5 Å². The molecule has 3 rings (SSSR count). The third kappa shape index (κ3) is 7.03. The Morgan fingerprint density at radius 2 is 1.31 bits per heavy atom. The Morgan fingerprint density at radius 1 is 0.844 bits per heavy atom. The van der Waals surface area contributed by atoms with Crippen molar-refractivity contribution >= 4 is 5.97 Å². The summed E-state index contributed by atoms with van der Waals surface area (Å²) in [5.41, 5.74) is -0.979. The van der Waals surface area contributed by atoms with E-state index in [9.17, 15) is 9.90 Å². The molecule has 0 atom stereocenters. The van der Waals surface area contributed by atoms with Crippen LogP contribution in [0.4, 0.5) is 0 Å². The minimum absolute atomic E-state index is 0.0913. The molecule has 32 heavy (non-hydrogen) atoms. The number of carboxylic acid groups (broad SMARTS) is 1. The molecule has 2 aromatic carbocycles. The first kappa shape index (κ1) is 23.7. The van der Waals surface area contributed by atoms with Crippen LogP contribution in [0.3, 0.4) is 0 Å². The quantitative estimate of drug-likeness (QED) is 0.745. The molecule has 1 aliphatic heterocycles. The van der Waals surface area contributed by atoms with Crippen molar-refractivity contribution in [1.82, 2.24) is 0 Å². The van der Waals surface area contributed by atoms with E-state index in [0.29, 0.717) is 55.8 Å². The van der Waals surface area contributed by atoms with Crippen molar-refractivity contribution in [1.29, 1.82) is 0 Å². The van der Waals surface area contributed by atoms with E-state index < -0.39 is 18.2 Å². The van der Waals surface area contributed by atoms with Gasteiger partial charge < -0.3 is 33.5 Å². The number of benzene rings is 2. The van der Waals surface area contributed by atoms with E-state index in [2.05, 4.69) is 0 Å². The summed E-state index contributed by atoms with van der Waals surface area (Å²) in [6, 6.07) is 14.6. The first-order valence-electron chi connectivity index (χ1n) is 10.7. The number of ether oxygens (including phenoxy) is 6. The number of para-hydroxylation sites is 4. The van der Waals surface area contributed by atoms with Gasteiger partial charge in [-0.15, -0.1) is 0 Å². The van der Waals surface area contributed by atoms with E-state index >= 15 is 0 Å². The SMILES string of the molecule is CCCC1(OCC(=O)O)COc2ccccc2OCCOCCOc2ccccc2OC1. The van der Waals surface area contributed by atoms with Gasteiger partial charge in [0.15, 0.2) is 23.0 Å². The van der Waals surface area contributed by atoms with Gasteiger partial charge in [-0.05, 0) is 30.7 Å². The predicted molar refractivity (Wildman–Crippen MR) is 117 cm³/mol. The highest BCUT2D eigenvalue weighted by atomic mass is 16.6. The lowest BCUT2D eigenvalue weighted by Gasteiger charge is -2.33. The molecule has 0 fully saturated rings. The molecule has 0 amide bonds. The van der Waals surface area contributed by atoms with Crippen LogP contribution in [0.25, 0.3) is 0 Å². The van der Waals surface area contributed by atoms with Crippen molar-refractivity contribution in [2.24, 2.45) is 0 Å². The lowest BCUT2D eigenvalue weighted by Crippen LogP contribution is -2.46. The molecule has 0 bridgehead atoms. The fourth-order valence-electron chi connectivity index (χ4n) is 3.33. The summed E-state index contributed by atoms with van der Waals surface area (Å²) in [6.07, 6.45) is 1.29. The maximum absolute atomic E-state index is 11.3. The molecule has 0 saturated carbocycles. The van der Waals surface area contributed by atoms with E-state index in [1.165, 1.54) is 0 Å². The molecule has 0 saturated heterocycles. The molecular weight excluding hydrogens is 416 g/mol. The van der Waals surface area contributed by atoms with Crippen molar-refractivity contribution in [2.75, 3.05) is 46.2 Å². The van der Waals surface area contributed by atoms with Crippen LogP contribution in [0.1, 0.15) is 19.8 Å². The van der Waals surface area contributed by atoms with Crippen LogP contribution in [0.5, 0.6) is 23.0 Å². The smallest absolute Gasteiger partial charge is 0.329 e. The summed E-state index contributed by atoms with van der Waals surface area (Å²) in [5.74, 6) is 1.19. The summed E-state index contributed by atoms with van der Waals surface area (Å²) in [5, 5.41) is 9.22. The average Bonchev–Trinajstić information content (AvgIpc) is 2.80. The molecular formula is C24H30O8. The third-order valence-corrected chi connectivity index (χ3v) is 4.86. The van der Waals surface area contributed by atoms with Gasteiger partial charge in [0.1, 0.15) is 38.6 Å². The van der Waals surface area contributed by atoms with Gasteiger partial charge in [-0.2, -0.15) is 0 Å². The summed E-state index contributed by atoms with van der Waals surface area (Å²) in [4.78, 5) is 11.3. The van der Waals surface area contributed by atoms with Crippen molar-refractivity contribution in [3.05, 3.63) is 48.5 Å². The minimum Gasteiger partial charge on any atom is -0.487 e. The molecule has 1 N–H and O–H groups in total. The molecule has 8 nitrogen and oxygen atoms in total. The fourth-order valence-corrected chi connectivity index (χ4v) is 3.33. The number of fused-ring (bicyclic) bond motifs is 2. The Bertz CT molecular complexity index is 798. The van der Waals surface area contributed by atoms with Crippen molar-refractivity contribution in [3.8, 4) is 23.0 Å². The predicted octanol–water partition coefficient (Wildman–Crippen LogP) is 3.57. The molecule has 8 heteroatoms. The fraction of sp³-hybridized carbons (Fsp3) is 0.458. The van der Waals surface area contributed by atoms with Gasteiger partial charge in [0.2, 0.25) is 0 Å². The Labute approximate surface area is 187 Å². The first-order valence-corrected chi connectivity index (χ1v) is 10.7. The molecule has 1 aliphatic rings. The number of carbonyl (C=O) groups is 1. The maximum atomic E-state index is 11.3. The van der Waals surface area contributed by atoms with Crippen LogP contribution < -0.4 is 18.9 Å². The zero-order valence-corrected chi connectivity index (χ0v) is 18.3. The summed E-state index contributed by atoms with van der Waals surface area (Å²) < 4.78 is 35.2. The van der Waals surface area contributed by atoms with Crippen LogP contribution in [-0.2, 0) is 14.3 Å². The second-order valence-electron chi connectivity index (χ2n) is 7.40. The van der Waals surface area contributed by atoms with Gasteiger partial charge in [-0.1, -0.05) is 37.6 Å². The van der Waals surface area contributed by atoms with Crippen LogP contribution in [-0.4, -0.2) is 62.9 Å². The maximum Gasteiger partial charge on any atom is 0.329 e. The topological polar surface area (TPSA) is 92.7 Å². The largest absolute Gasteiger partial charge is 0.487 e. The van der Waals surface area contributed by atoms with Crippen molar-refractivity contribution in [3.63, 3.8) is 0 Å². The van der Waals surface area contributed by atoms with Gasteiger partial charge in [0.25, 0.3) is 0 Å². The lowest BCUT2D eigenvalue weighted by atomic mass is 9.99. The molecule has 0 aromatic heterocycles. The Kier molecular flexibility index (Phi) is 9.01. The number of hydrogen-bond donors (Lipinski definition) is 1. The Hall–Kier alpha value is -2.97. The van der Waals surface area contributed by atoms with Gasteiger partial charge in [0.05, 0.1) is 13.2 Å². The van der Waals surface area contributed by atoms with E-state index in [1.54, 1.807) is 12.1 Å². The molecule has 174 valence electrons. The second kappa shape index (κ2) is 12.2. The molecule has 2 aromatic rings. The van der Waals surface area contributed by atoms with Gasteiger partial charge >= 0.3 is 5.97 Å². The van der Waals surface area contributed by atoms with E-state index in [0.717, 1.165) is 6.42 Å². The number of hydrogen-bond acceptors (Lipinski definition) is 7. The molecule has 0 unspecified atom stereocenters. The standard InChI is InChI=1S/C24H30O8/c1-2-11-24(32-16-23(25)26)17-30-21-9-5-3-7-19(21)28-14-12-27-13-15-29-20-8-4-6-10-22(20)31-18-24/h3-10H,2,11-18H2,1H3,(H,25,26). The van der Waals surface area contributed by atoms with Gasteiger partial charge in [-0.3, -0.25) is 0 Å². The number of rotatable bonds is 5.